The summed E-state index contributed by atoms with van der Waals surface area (Å²) in [5, 5.41) is 2.86. The lowest BCUT2D eigenvalue weighted by Crippen LogP contribution is -2.39. The summed E-state index contributed by atoms with van der Waals surface area (Å²) in [5.74, 6) is 0.811. The zero-order chi connectivity index (χ0) is 12.1. The Morgan fingerprint density at radius 2 is 2.31 bits per heavy atom. The van der Waals surface area contributed by atoms with E-state index in [2.05, 4.69) is 10.3 Å². The minimum Gasteiger partial charge on any atom is -0.354 e. The van der Waals surface area contributed by atoms with Crippen LogP contribution < -0.4 is 11.1 Å². The molecule has 0 aliphatic carbocycles. The fourth-order valence-corrected chi connectivity index (χ4v) is 1.34. The van der Waals surface area contributed by atoms with Gasteiger partial charge in [0.25, 0.3) is 0 Å². The molecule has 1 aromatic heterocycles. The normalized spacial score (nSPS) is 14.5. The predicted molar refractivity (Wildman–Crippen MR) is 62.8 cm³/mol. The summed E-state index contributed by atoms with van der Waals surface area (Å²) >= 11 is 0. The van der Waals surface area contributed by atoms with Gasteiger partial charge in [0.15, 0.2) is 0 Å². The highest BCUT2D eigenvalue weighted by Crippen LogP contribution is 1.99. The molecular weight excluding hydrogens is 204 g/mol. The number of hydrogen-bond acceptors (Lipinski definition) is 3. The Bertz CT molecular complexity index is 346. The minimum absolute atomic E-state index is 0.00719. The average molecular weight is 224 g/mol. The largest absolute Gasteiger partial charge is 0.354 e. The first-order valence-corrected chi connectivity index (χ1v) is 5.53. The van der Waals surface area contributed by atoms with Gasteiger partial charge < -0.3 is 15.6 Å². The first kappa shape index (κ1) is 12.7. The van der Waals surface area contributed by atoms with Crippen LogP contribution in [0.2, 0.25) is 0 Å². The van der Waals surface area contributed by atoms with Gasteiger partial charge in [-0.25, -0.2) is 4.98 Å². The summed E-state index contributed by atoms with van der Waals surface area (Å²) in [7, 11) is 0. The van der Waals surface area contributed by atoms with Crippen molar-refractivity contribution >= 4 is 5.91 Å². The zero-order valence-electron chi connectivity index (χ0n) is 10.1. The number of carbonyl (C=O) groups is 1. The van der Waals surface area contributed by atoms with Crippen LogP contribution in [-0.2, 0) is 11.3 Å². The van der Waals surface area contributed by atoms with E-state index in [0.29, 0.717) is 6.54 Å². The van der Waals surface area contributed by atoms with Gasteiger partial charge in [0.1, 0.15) is 5.82 Å². The van der Waals surface area contributed by atoms with Crippen molar-refractivity contribution in [3.05, 3.63) is 18.2 Å². The summed E-state index contributed by atoms with van der Waals surface area (Å²) < 4.78 is 2.00. The molecule has 90 valence electrons. The van der Waals surface area contributed by atoms with E-state index in [1.54, 1.807) is 6.20 Å². The first-order valence-electron chi connectivity index (χ1n) is 5.53. The lowest BCUT2D eigenvalue weighted by molar-refractivity contribution is -0.124. The molecule has 2 atom stereocenters. The topological polar surface area (TPSA) is 72.9 Å². The predicted octanol–water partition coefficient (Wildman–Crippen LogP) is 0.291. The van der Waals surface area contributed by atoms with Crippen LogP contribution in [0.25, 0.3) is 0 Å². The summed E-state index contributed by atoms with van der Waals surface area (Å²) in [4.78, 5) is 15.7. The molecule has 0 saturated carbocycles. The third-order valence-electron chi connectivity index (χ3n) is 2.78. The van der Waals surface area contributed by atoms with Crippen LogP contribution in [-0.4, -0.2) is 28.0 Å². The van der Waals surface area contributed by atoms with Crippen LogP contribution in [0, 0.1) is 12.8 Å². The van der Waals surface area contributed by atoms with Gasteiger partial charge in [0.2, 0.25) is 5.91 Å². The summed E-state index contributed by atoms with van der Waals surface area (Å²) in [6.07, 6.45) is 3.65. The molecule has 2 unspecified atom stereocenters. The van der Waals surface area contributed by atoms with E-state index in [-0.39, 0.29) is 17.9 Å². The van der Waals surface area contributed by atoms with E-state index in [1.165, 1.54) is 0 Å². The van der Waals surface area contributed by atoms with E-state index in [0.717, 1.165) is 12.4 Å². The quantitative estimate of drug-likeness (QED) is 0.755. The number of rotatable bonds is 5. The fraction of sp³-hybridized carbons (Fsp3) is 0.636. The molecule has 1 heterocycles. The van der Waals surface area contributed by atoms with Crippen LogP contribution in [0.3, 0.4) is 0 Å². The molecular formula is C11H20N4O. The smallest absolute Gasteiger partial charge is 0.224 e. The van der Waals surface area contributed by atoms with Crippen molar-refractivity contribution < 1.29 is 4.79 Å². The second-order valence-electron chi connectivity index (χ2n) is 4.11. The molecule has 0 bridgehead atoms. The Morgan fingerprint density at radius 3 is 2.81 bits per heavy atom. The highest BCUT2D eigenvalue weighted by molar-refractivity contribution is 5.78. The van der Waals surface area contributed by atoms with Gasteiger partial charge in [-0.2, -0.15) is 0 Å². The van der Waals surface area contributed by atoms with Crippen molar-refractivity contribution in [3.8, 4) is 0 Å². The standard InChI is InChI=1S/C11H20N4O/c1-8(9(2)12)11(16)14-5-7-15-6-4-13-10(15)3/h4,6,8-9H,5,7,12H2,1-3H3,(H,14,16). The van der Waals surface area contributed by atoms with E-state index in [4.69, 9.17) is 5.73 Å². The molecule has 0 fully saturated rings. The summed E-state index contributed by atoms with van der Waals surface area (Å²) in [5.41, 5.74) is 5.65. The van der Waals surface area contributed by atoms with Crippen molar-refractivity contribution in [1.29, 1.82) is 0 Å². The summed E-state index contributed by atoms with van der Waals surface area (Å²) in [6, 6.07) is -0.116. The number of aromatic nitrogens is 2. The molecule has 0 radical (unpaired) electrons. The van der Waals surface area contributed by atoms with Crippen molar-refractivity contribution in [2.75, 3.05) is 6.54 Å². The molecule has 0 spiro atoms. The number of imidazole rings is 1. The number of nitrogens with two attached hydrogens (primary N) is 1. The van der Waals surface area contributed by atoms with Crippen LogP contribution in [0.4, 0.5) is 0 Å². The Kier molecular flexibility index (Phi) is 4.49. The first-order chi connectivity index (χ1) is 7.52. The lowest BCUT2D eigenvalue weighted by atomic mass is 10.0. The molecule has 1 aromatic rings. The van der Waals surface area contributed by atoms with Crippen molar-refractivity contribution in [2.45, 2.75) is 33.4 Å². The molecule has 3 N–H and O–H groups in total. The van der Waals surface area contributed by atoms with Crippen LogP contribution >= 0.6 is 0 Å². The van der Waals surface area contributed by atoms with Crippen LogP contribution in [0.15, 0.2) is 12.4 Å². The SMILES string of the molecule is Cc1nccn1CCNC(=O)C(C)C(C)N. The Hall–Kier alpha value is -1.36. The maximum atomic E-state index is 11.6. The monoisotopic (exact) mass is 224 g/mol. The number of amides is 1. The average Bonchev–Trinajstić information content (AvgIpc) is 2.63. The molecule has 1 rings (SSSR count). The van der Waals surface area contributed by atoms with Gasteiger partial charge in [0, 0.05) is 37.4 Å². The van der Waals surface area contributed by atoms with Gasteiger partial charge in [-0.05, 0) is 13.8 Å². The molecule has 16 heavy (non-hydrogen) atoms. The van der Waals surface area contributed by atoms with Crippen LogP contribution in [0.5, 0.6) is 0 Å². The number of nitrogens with zero attached hydrogens (tertiary/aromatic N) is 2. The molecule has 0 aliphatic rings. The van der Waals surface area contributed by atoms with Gasteiger partial charge in [-0.1, -0.05) is 6.92 Å². The summed E-state index contributed by atoms with van der Waals surface area (Å²) in [6.45, 7) is 6.95. The van der Waals surface area contributed by atoms with E-state index in [1.807, 2.05) is 31.5 Å². The molecule has 1 amide bonds. The Morgan fingerprint density at radius 1 is 1.62 bits per heavy atom. The van der Waals surface area contributed by atoms with Crippen molar-refractivity contribution in [3.63, 3.8) is 0 Å². The van der Waals surface area contributed by atoms with E-state index < -0.39 is 0 Å². The third kappa shape index (κ3) is 3.34. The van der Waals surface area contributed by atoms with Crippen LogP contribution in [0.1, 0.15) is 19.7 Å². The van der Waals surface area contributed by atoms with Gasteiger partial charge in [-0.15, -0.1) is 0 Å². The van der Waals surface area contributed by atoms with Crippen molar-refractivity contribution in [2.24, 2.45) is 11.7 Å². The zero-order valence-corrected chi connectivity index (χ0v) is 10.1. The number of nitrogens with one attached hydrogen (secondary N) is 1. The number of hydrogen-bond donors (Lipinski definition) is 2. The van der Waals surface area contributed by atoms with E-state index in [9.17, 15) is 4.79 Å². The Labute approximate surface area is 96.0 Å². The third-order valence-corrected chi connectivity index (χ3v) is 2.78. The second-order valence-corrected chi connectivity index (χ2v) is 4.11. The van der Waals surface area contributed by atoms with Crippen molar-refractivity contribution in [1.82, 2.24) is 14.9 Å². The molecule has 0 aliphatic heterocycles. The van der Waals surface area contributed by atoms with Gasteiger partial charge in [-0.3, -0.25) is 4.79 Å². The Balaban J connectivity index is 2.31. The van der Waals surface area contributed by atoms with E-state index >= 15 is 0 Å². The molecule has 5 heteroatoms. The number of carbonyl (C=O) groups excluding carboxylic acids is 1. The molecule has 5 nitrogen and oxygen atoms in total. The fourth-order valence-electron chi connectivity index (χ4n) is 1.34. The number of aryl methyl sites for hydroxylation is 1. The minimum atomic E-state index is -0.149. The lowest BCUT2D eigenvalue weighted by Gasteiger charge is -2.15. The molecule has 0 aromatic carbocycles. The van der Waals surface area contributed by atoms with Gasteiger partial charge >= 0.3 is 0 Å². The van der Waals surface area contributed by atoms with Gasteiger partial charge in [0.05, 0.1) is 0 Å². The highest BCUT2D eigenvalue weighted by Gasteiger charge is 2.15. The second kappa shape index (κ2) is 5.65. The molecule has 0 saturated heterocycles. The maximum Gasteiger partial charge on any atom is 0.224 e. The maximum absolute atomic E-state index is 11.6. The highest BCUT2D eigenvalue weighted by atomic mass is 16.1.